The molecule has 1 aromatic carbocycles. The minimum absolute atomic E-state index is 0.214. The molecule has 0 unspecified atom stereocenters. The number of hydrogen-bond acceptors (Lipinski definition) is 7. The number of nitrogens with zero attached hydrogens (tertiary/aromatic N) is 4. The normalized spacial score (nSPS) is 12.6. The van der Waals surface area contributed by atoms with Gasteiger partial charge in [0.15, 0.2) is 5.13 Å². The van der Waals surface area contributed by atoms with Crippen molar-refractivity contribution >= 4 is 32.6 Å². The molecule has 5 rings (SSSR count). The number of amides is 1. The van der Waals surface area contributed by atoms with Gasteiger partial charge in [-0.1, -0.05) is 11.3 Å². The summed E-state index contributed by atoms with van der Waals surface area (Å²) in [6, 6.07) is 5.47. The second-order valence-electron chi connectivity index (χ2n) is 6.66. The highest BCUT2D eigenvalue weighted by Gasteiger charge is 2.19. The minimum Gasteiger partial charge on any atom is -0.493 e. The van der Waals surface area contributed by atoms with E-state index in [1.54, 1.807) is 30.3 Å². The zero-order valence-corrected chi connectivity index (χ0v) is 16.6. The molecule has 1 amide bonds. The lowest BCUT2D eigenvalue weighted by molar-refractivity contribution is 0.102. The second kappa shape index (κ2) is 6.85. The van der Waals surface area contributed by atoms with Gasteiger partial charge in [0, 0.05) is 42.6 Å². The van der Waals surface area contributed by atoms with Crippen LogP contribution in [0.2, 0.25) is 0 Å². The monoisotopic (exact) mass is 407 g/mol. The summed E-state index contributed by atoms with van der Waals surface area (Å²) in [6.45, 7) is 0.655. The number of benzene rings is 1. The smallest absolute Gasteiger partial charge is 0.257 e. The predicted octanol–water partition coefficient (Wildman–Crippen LogP) is 3.29. The van der Waals surface area contributed by atoms with Crippen LogP contribution in [0.4, 0.5) is 5.13 Å². The van der Waals surface area contributed by atoms with Crippen molar-refractivity contribution in [2.75, 3.05) is 19.0 Å². The first-order valence-corrected chi connectivity index (χ1v) is 9.83. The topological polar surface area (TPSA) is 91.2 Å². The number of aromatic nitrogens is 4. The van der Waals surface area contributed by atoms with E-state index in [1.165, 1.54) is 11.3 Å². The Morgan fingerprint density at radius 1 is 1.34 bits per heavy atom. The van der Waals surface area contributed by atoms with Gasteiger partial charge in [-0.05, 0) is 23.8 Å². The number of carbonyl (C=O) groups excluding carboxylic acids is 1. The van der Waals surface area contributed by atoms with Crippen molar-refractivity contribution in [2.24, 2.45) is 7.05 Å². The van der Waals surface area contributed by atoms with Gasteiger partial charge in [0.2, 0.25) is 5.88 Å². The summed E-state index contributed by atoms with van der Waals surface area (Å²) in [7, 11) is 3.41. The summed E-state index contributed by atoms with van der Waals surface area (Å²) >= 11 is 1.38. The fourth-order valence-corrected chi connectivity index (χ4v) is 4.34. The van der Waals surface area contributed by atoms with E-state index in [9.17, 15) is 4.79 Å². The van der Waals surface area contributed by atoms with E-state index in [0.29, 0.717) is 28.7 Å². The molecule has 29 heavy (non-hydrogen) atoms. The largest absolute Gasteiger partial charge is 0.493 e. The zero-order valence-electron chi connectivity index (χ0n) is 15.8. The third kappa shape index (κ3) is 3.09. The molecule has 146 valence electrons. The lowest BCUT2D eigenvalue weighted by Crippen LogP contribution is -2.11. The summed E-state index contributed by atoms with van der Waals surface area (Å²) in [5.74, 6) is 1.05. The van der Waals surface area contributed by atoms with Gasteiger partial charge in [-0.3, -0.25) is 14.8 Å². The molecule has 4 aromatic rings. The van der Waals surface area contributed by atoms with Crippen LogP contribution in [0, 0.1) is 0 Å². The summed E-state index contributed by atoms with van der Waals surface area (Å²) in [5, 5.41) is 7.61. The average Bonchev–Trinajstić information content (AvgIpc) is 3.45. The summed E-state index contributed by atoms with van der Waals surface area (Å²) in [4.78, 5) is 21.7. The van der Waals surface area contributed by atoms with Crippen molar-refractivity contribution in [3.05, 3.63) is 47.9 Å². The van der Waals surface area contributed by atoms with Crippen LogP contribution in [0.1, 0.15) is 15.9 Å². The van der Waals surface area contributed by atoms with Crippen molar-refractivity contribution in [3.63, 3.8) is 0 Å². The van der Waals surface area contributed by atoms with E-state index in [4.69, 9.17) is 9.47 Å². The number of methoxy groups -OCH3 is 1. The van der Waals surface area contributed by atoms with Gasteiger partial charge < -0.3 is 9.47 Å². The number of ether oxygens (including phenoxy) is 2. The molecular weight excluding hydrogens is 390 g/mol. The van der Waals surface area contributed by atoms with Crippen LogP contribution >= 0.6 is 11.3 Å². The minimum atomic E-state index is -0.214. The third-order valence-electron chi connectivity index (χ3n) is 4.77. The van der Waals surface area contributed by atoms with Crippen molar-refractivity contribution < 1.29 is 14.3 Å². The SMILES string of the molecule is COc1ncc(-c2cnn(C)c2)c2sc(NC(=O)c3ccc4c(c3)CCO4)nc12. The molecule has 0 saturated heterocycles. The molecule has 1 aliphatic heterocycles. The first-order chi connectivity index (χ1) is 14.1. The maximum atomic E-state index is 12.8. The molecule has 4 heterocycles. The summed E-state index contributed by atoms with van der Waals surface area (Å²) in [6.07, 6.45) is 6.23. The van der Waals surface area contributed by atoms with Gasteiger partial charge in [0.05, 0.1) is 24.6 Å². The Morgan fingerprint density at radius 2 is 2.24 bits per heavy atom. The van der Waals surface area contributed by atoms with Crippen molar-refractivity contribution in [2.45, 2.75) is 6.42 Å². The number of pyridine rings is 1. The highest BCUT2D eigenvalue weighted by Crippen LogP contribution is 2.38. The van der Waals surface area contributed by atoms with Crippen molar-refractivity contribution in [1.82, 2.24) is 19.7 Å². The molecule has 0 radical (unpaired) electrons. The Balaban J connectivity index is 1.51. The molecule has 1 aliphatic rings. The molecule has 0 aliphatic carbocycles. The lowest BCUT2D eigenvalue weighted by atomic mass is 10.1. The van der Waals surface area contributed by atoms with Gasteiger partial charge in [-0.15, -0.1) is 0 Å². The molecule has 3 aromatic heterocycles. The average molecular weight is 407 g/mol. The van der Waals surface area contributed by atoms with Crippen LogP contribution in [0.15, 0.2) is 36.8 Å². The summed E-state index contributed by atoms with van der Waals surface area (Å²) in [5.41, 5.74) is 4.05. The highest BCUT2D eigenvalue weighted by molar-refractivity contribution is 7.23. The Labute approximate surface area is 170 Å². The number of anilines is 1. The number of fused-ring (bicyclic) bond motifs is 2. The Hall–Kier alpha value is -3.46. The van der Waals surface area contributed by atoms with E-state index < -0.39 is 0 Å². The number of nitrogens with one attached hydrogen (secondary N) is 1. The van der Waals surface area contributed by atoms with Gasteiger partial charge in [-0.25, -0.2) is 9.97 Å². The zero-order chi connectivity index (χ0) is 20.0. The number of rotatable bonds is 4. The van der Waals surface area contributed by atoms with E-state index in [-0.39, 0.29) is 5.91 Å². The molecule has 8 nitrogen and oxygen atoms in total. The van der Waals surface area contributed by atoms with E-state index in [0.717, 1.165) is 33.6 Å². The van der Waals surface area contributed by atoms with Crippen LogP contribution < -0.4 is 14.8 Å². The third-order valence-corrected chi connectivity index (χ3v) is 5.77. The van der Waals surface area contributed by atoms with Crippen molar-refractivity contribution in [3.8, 4) is 22.8 Å². The Bertz CT molecular complexity index is 1250. The van der Waals surface area contributed by atoms with Gasteiger partial charge in [0.25, 0.3) is 5.91 Å². The lowest BCUT2D eigenvalue weighted by Gasteiger charge is -2.04. The molecule has 0 fully saturated rings. The van der Waals surface area contributed by atoms with Crippen LogP contribution in [0.3, 0.4) is 0 Å². The van der Waals surface area contributed by atoms with Crippen molar-refractivity contribution in [1.29, 1.82) is 0 Å². The maximum absolute atomic E-state index is 12.8. The quantitative estimate of drug-likeness (QED) is 0.558. The number of carbonyl (C=O) groups is 1. The number of thiazole rings is 1. The molecule has 0 saturated carbocycles. The van der Waals surface area contributed by atoms with Gasteiger partial charge in [-0.2, -0.15) is 5.10 Å². The maximum Gasteiger partial charge on any atom is 0.257 e. The van der Waals surface area contributed by atoms with E-state index >= 15 is 0 Å². The van der Waals surface area contributed by atoms with Crippen LogP contribution in [-0.4, -0.2) is 39.4 Å². The Kier molecular flexibility index (Phi) is 4.17. The number of aryl methyl sites for hydroxylation is 1. The van der Waals surface area contributed by atoms with Gasteiger partial charge >= 0.3 is 0 Å². The Morgan fingerprint density at radius 3 is 3.03 bits per heavy atom. The first kappa shape index (κ1) is 17.6. The predicted molar refractivity (Wildman–Crippen MR) is 110 cm³/mol. The molecule has 0 bridgehead atoms. The fraction of sp³-hybridized carbons (Fsp3) is 0.200. The molecular formula is C20H17N5O3S. The standard InChI is InChI=1S/C20H17N5O3S/c1-25-10-13(8-22-25)14-9-21-19(27-2)16-17(14)29-20(23-16)24-18(26)12-3-4-15-11(7-12)5-6-28-15/h3-4,7-10H,5-6H2,1-2H3,(H,23,24,26). The molecule has 0 atom stereocenters. The number of hydrogen-bond donors (Lipinski definition) is 1. The first-order valence-electron chi connectivity index (χ1n) is 9.02. The van der Waals surface area contributed by atoms with Crippen LogP contribution in [0.5, 0.6) is 11.6 Å². The van der Waals surface area contributed by atoms with Gasteiger partial charge in [0.1, 0.15) is 11.3 Å². The molecule has 0 spiro atoms. The molecule has 9 heteroatoms. The molecule has 1 N–H and O–H groups in total. The van der Waals surface area contributed by atoms with E-state index in [2.05, 4.69) is 20.4 Å². The second-order valence-corrected chi connectivity index (χ2v) is 7.65. The van der Waals surface area contributed by atoms with Crippen LogP contribution in [0.25, 0.3) is 21.3 Å². The fourth-order valence-electron chi connectivity index (χ4n) is 3.36. The van der Waals surface area contributed by atoms with E-state index in [1.807, 2.05) is 25.4 Å². The van der Waals surface area contributed by atoms with Crippen LogP contribution in [-0.2, 0) is 13.5 Å². The highest BCUT2D eigenvalue weighted by atomic mass is 32.1. The summed E-state index contributed by atoms with van der Waals surface area (Å²) < 4.78 is 13.5.